The minimum atomic E-state index is -0.0919. The van der Waals surface area contributed by atoms with Gasteiger partial charge in [-0.05, 0) is 25.1 Å². The maximum atomic E-state index is 12.1. The lowest BCUT2D eigenvalue weighted by molar-refractivity contribution is 0.0760. The topological polar surface area (TPSA) is 69.0 Å². The average Bonchev–Trinajstić information content (AvgIpc) is 2.67. The molecule has 0 aliphatic carbocycles. The van der Waals surface area contributed by atoms with Crippen LogP contribution >= 0.6 is 0 Å². The molecule has 0 bridgehead atoms. The van der Waals surface area contributed by atoms with E-state index in [1.54, 1.807) is 23.1 Å². The summed E-state index contributed by atoms with van der Waals surface area (Å²) < 4.78 is 0. The highest BCUT2D eigenvalue weighted by atomic mass is 16.2. The summed E-state index contributed by atoms with van der Waals surface area (Å²) in [6.07, 6.45) is 0.948. The van der Waals surface area contributed by atoms with E-state index in [0.29, 0.717) is 12.2 Å². The van der Waals surface area contributed by atoms with Gasteiger partial charge in [0, 0.05) is 19.6 Å². The number of nitriles is 1. The largest absolute Gasteiger partial charge is 0.336 e. The molecular formula is C12H14N4O. The van der Waals surface area contributed by atoms with Crippen molar-refractivity contribution in [3.05, 3.63) is 29.6 Å². The Hall–Kier alpha value is -1.93. The predicted octanol–water partition coefficient (Wildman–Crippen LogP) is 0.389. The molecule has 1 saturated heterocycles. The predicted molar refractivity (Wildman–Crippen MR) is 62.3 cm³/mol. The number of carbonyl (C=O) groups excluding carboxylic acids is 1. The molecule has 2 heterocycles. The molecular weight excluding hydrogens is 216 g/mol. The van der Waals surface area contributed by atoms with Gasteiger partial charge in [0.15, 0.2) is 0 Å². The molecule has 0 spiro atoms. The van der Waals surface area contributed by atoms with Gasteiger partial charge in [0.05, 0.1) is 0 Å². The lowest BCUT2D eigenvalue weighted by Gasteiger charge is -2.19. The van der Waals surface area contributed by atoms with E-state index in [-0.39, 0.29) is 11.6 Å². The Kier molecular flexibility index (Phi) is 3.68. The Morgan fingerprint density at radius 1 is 1.41 bits per heavy atom. The van der Waals surface area contributed by atoms with Crippen molar-refractivity contribution in [2.24, 2.45) is 0 Å². The van der Waals surface area contributed by atoms with Crippen molar-refractivity contribution in [2.45, 2.75) is 6.42 Å². The summed E-state index contributed by atoms with van der Waals surface area (Å²) in [6, 6.07) is 6.88. The van der Waals surface area contributed by atoms with E-state index in [9.17, 15) is 4.79 Å². The van der Waals surface area contributed by atoms with Gasteiger partial charge in [-0.15, -0.1) is 0 Å². The number of aromatic nitrogens is 1. The summed E-state index contributed by atoms with van der Waals surface area (Å²) in [5.74, 6) is -0.0919. The number of hydrogen-bond acceptors (Lipinski definition) is 4. The van der Waals surface area contributed by atoms with Gasteiger partial charge in [-0.2, -0.15) is 5.26 Å². The third-order valence-electron chi connectivity index (χ3n) is 2.71. The fraction of sp³-hybridized carbons (Fsp3) is 0.417. The molecule has 1 N–H and O–H groups in total. The summed E-state index contributed by atoms with van der Waals surface area (Å²) in [6.45, 7) is 3.18. The van der Waals surface area contributed by atoms with E-state index in [1.165, 1.54) is 0 Å². The molecule has 1 fully saturated rings. The molecule has 5 heteroatoms. The van der Waals surface area contributed by atoms with Crippen LogP contribution in [0.4, 0.5) is 0 Å². The van der Waals surface area contributed by atoms with Crippen LogP contribution in [0.5, 0.6) is 0 Å². The standard InChI is InChI=1S/C12H14N4O/c13-9-10-3-1-4-11(15-10)12(17)16-7-2-5-14-6-8-16/h1,3-4,14H,2,5-8H2. The van der Waals surface area contributed by atoms with Crippen LogP contribution in [0.3, 0.4) is 0 Å². The van der Waals surface area contributed by atoms with Crippen LogP contribution in [0.25, 0.3) is 0 Å². The third-order valence-corrected chi connectivity index (χ3v) is 2.71. The third kappa shape index (κ3) is 2.80. The van der Waals surface area contributed by atoms with Gasteiger partial charge in [-0.25, -0.2) is 4.98 Å². The van der Waals surface area contributed by atoms with Crippen molar-refractivity contribution in [2.75, 3.05) is 26.2 Å². The number of nitrogens with zero attached hydrogens (tertiary/aromatic N) is 3. The normalized spacial score (nSPS) is 16.1. The Bertz CT molecular complexity index is 444. The van der Waals surface area contributed by atoms with Crippen LogP contribution in [0.15, 0.2) is 18.2 Å². The second kappa shape index (κ2) is 5.41. The molecule has 1 aliphatic rings. The van der Waals surface area contributed by atoms with Crippen molar-refractivity contribution < 1.29 is 4.79 Å². The van der Waals surface area contributed by atoms with Crippen molar-refractivity contribution in [1.29, 1.82) is 5.26 Å². The van der Waals surface area contributed by atoms with Crippen LogP contribution in [-0.4, -0.2) is 42.0 Å². The van der Waals surface area contributed by atoms with Gasteiger partial charge in [-0.3, -0.25) is 4.79 Å². The molecule has 17 heavy (non-hydrogen) atoms. The van der Waals surface area contributed by atoms with Gasteiger partial charge < -0.3 is 10.2 Å². The van der Waals surface area contributed by atoms with Crippen LogP contribution in [0, 0.1) is 11.3 Å². The molecule has 1 aliphatic heterocycles. The molecule has 0 radical (unpaired) electrons. The number of rotatable bonds is 1. The average molecular weight is 230 g/mol. The summed E-state index contributed by atoms with van der Waals surface area (Å²) in [5, 5.41) is 12.0. The van der Waals surface area contributed by atoms with Gasteiger partial charge in [0.2, 0.25) is 0 Å². The molecule has 88 valence electrons. The van der Waals surface area contributed by atoms with Crippen molar-refractivity contribution in [3.63, 3.8) is 0 Å². The maximum absolute atomic E-state index is 12.1. The Morgan fingerprint density at radius 3 is 3.12 bits per heavy atom. The van der Waals surface area contributed by atoms with Crippen molar-refractivity contribution >= 4 is 5.91 Å². The number of carbonyl (C=O) groups is 1. The van der Waals surface area contributed by atoms with Gasteiger partial charge in [0.1, 0.15) is 17.5 Å². The van der Waals surface area contributed by atoms with E-state index in [1.807, 2.05) is 6.07 Å². The molecule has 0 aromatic carbocycles. The summed E-state index contributed by atoms with van der Waals surface area (Å²) in [7, 11) is 0. The summed E-state index contributed by atoms with van der Waals surface area (Å²) >= 11 is 0. The first-order valence-electron chi connectivity index (χ1n) is 5.68. The SMILES string of the molecule is N#Cc1cccc(C(=O)N2CCCNCC2)n1. The molecule has 1 amide bonds. The molecule has 1 aromatic rings. The van der Waals surface area contributed by atoms with Crippen LogP contribution in [0.1, 0.15) is 22.6 Å². The van der Waals surface area contributed by atoms with Gasteiger partial charge >= 0.3 is 0 Å². The highest BCUT2D eigenvalue weighted by Gasteiger charge is 2.18. The zero-order valence-electron chi connectivity index (χ0n) is 9.52. The van der Waals surface area contributed by atoms with Crippen molar-refractivity contribution in [1.82, 2.24) is 15.2 Å². The quantitative estimate of drug-likeness (QED) is 0.757. The molecule has 2 rings (SSSR count). The van der Waals surface area contributed by atoms with E-state index in [4.69, 9.17) is 5.26 Å². The fourth-order valence-electron chi connectivity index (χ4n) is 1.83. The van der Waals surface area contributed by atoms with Crippen LogP contribution in [0.2, 0.25) is 0 Å². The van der Waals surface area contributed by atoms with E-state index < -0.39 is 0 Å². The number of amides is 1. The van der Waals surface area contributed by atoms with Crippen molar-refractivity contribution in [3.8, 4) is 6.07 Å². The summed E-state index contributed by atoms with van der Waals surface area (Å²) in [5.41, 5.74) is 0.634. The molecule has 0 unspecified atom stereocenters. The molecule has 0 atom stereocenters. The lowest BCUT2D eigenvalue weighted by atomic mass is 10.2. The van der Waals surface area contributed by atoms with E-state index in [2.05, 4.69) is 10.3 Å². The molecule has 1 aromatic heterocycles. The van der Waals surface area contributed by atoms with Gasteiger partial charge in [0.25, 0.3) is 5.91 Å². The smallest absolute Gasteiger partial charge is 0.272 e. The Labute approximate surface area is 100 Å². The highest BCUT2D eigenvalue weighted by molar-refractivity contribution is 5.92. The van der Waals surface area contributed by atoms with E-state index in [0.717, 1.165) is 26.1 Å². The minimum absolute atomic E-state index is 0.0919. The maximum Gasteiger partial charge on any atom is 0.272 e. The zero-order chi connectivity index (χ0) is 12.1. The second-order valence-electron chi connectivity index (χ2n) is 3.92. The first-order valence-corrected chi connectivity index (χ1v) is 5.68. The van der Waals surface area contributed by atoms with Gasteiger partial charge in [-0.1, -0.05) is 6.07 Å². The Morgan fingerprint density at radius 2 is 2.29 bits per heavy atom. The summed E-state index contributed by atoms with van der Waals surface area (Å²) in [4.78, 5) is 18.0. The van der Waals surface area contributed by atoms with E-state index >= 15 is 0 Å². The monoisotopic (exact) mass is 230 g/mol. The first-order chi connectivity index (χ1) is 8.31. The minimum Gasteiger partial charge on any atom is -0.336 e. The zero-order valence-corrected chi connectivity index (χ0v) is 9.52. The Balaban J connectivity index is 2.15. The van der Waals surface area contributed by atoms with Crippen LogP contribution < -0.4 is 5.32 Å². The fourth-order valence-corrected chi connectivity index (χ4v) is 1.83. The molecule has 0 saturated carbocycles. The number of hydrogen-bond donors (Lipinski definition) is 1. The lowest BCUT2D eigenvalue weighted by Crippen LogP contribution is -2.34. The second-order valence-corrected chi connectivity index (χ2v) is 3.92. The number of nitrogens with one attached hydrogen (secondary N) is 1. The number of pyridine rings is 1. The first kappa shape index (κ1) is 11.6. The van der Waals surface area contributed by atoms with Crippen LogP contribution in [-0.2, 0) is 0 Å². The molecule has 5 nitrogen and oxygen atoms in total. The highest BCUT2D eigenvalue weighted by Crippen LogP contribution is 2.05.